The highest BCUT2D eigenvalue weighted by atomic mass is 16.7. The predicted molar refractivity (Wildman–Crippen MR) is 76.2 cm³/mol. The Kier molecular flexibility index (Phi) is 2.81. The Morgan fingerprint density at radius 2 is 2.05 bits per heavy atom. The van der Waals surface area contributed by atoms with Gasteiger partial charge in [0.2, 0.25) is 0 Å². The van der Waals surface area contributed by atoms with E-state index in [1.165, 1.54) is 6.42 Å². The molecule has 0 aromatic carbocycles. The van der Waals surface area contributed by atoms with E-state index in [1.54, 1.807) is 0 Å². The molecule has 4 rings (SSSR count). The van der Waals surface area contributed by atoms with Crippen LogP contribution >= 0.6 is 0 Å². The van der Waals surface area contributed by atoms with Crippen molar-refractivity contribution in [3.63, 3.8) is 0 Å². The second-order valence-corrected chi connectivity index (χ2v) is 8.06. The van der Waals surface area contributed by atoms with Gasteiger partial charge in [0.1, 0.15) is 5.92 Å². The Morgan fingerprint density at radius 1 is 1.37 bits per heavy atom. The third-order valence-electron chi connectivity index (χ3n) is 5.95. The molecular formula is C15H29BNO2+. The van der Waals surface area contributed by atoms with Crippen molar-refractivity contribution in [3.8, 4) is 0 Å². The quantitative estimate of drug-likeness (QED) is 0.794. The van der Waals surface area contributed by atoms with Gasteiger partial charge in [-0.25, -0.2) is 0 Å². The molecule has 3 N–H and O–H groups in total. The zero-order chi connectivity index (χ0) is 14.9. The largest absolute Gasteiger partial charge is 0.521 e. The summed E-state index contributed by atoms with van der Waals surface area (Å²) in [5.74, 6) is 0.836. The maximum absolute atomic E-state index is 8.51. The van der Waals surface area contributed by atoms with Gasteiger partial charge in [0, 0.05) is 0 Å². The number of hydrogen-bond acceptors (Lipinski definition) is 2. The third-order valence-corrected chi connectivity index (χ3v) is 5.95. The summed E-state index contributed by atoms with van der Waals surface area (Å²) in [7, 11) is -0.477. The first-order valence-corrected chi connectivity index (χ1v) is 7.76. The first kappa shape index (κ1) is 12.7. The van der Waals surface area contributed by atoms with E-state index < -0.39 is 13.0 Å². The SMILES string of the molecule is [2H]C([NH3+])(CC(C)C)B1O[C@@H]2C[C@@H]3C[C@@H](C3(C)C)[C@]2(C)O1. The van der Waals surface area contributed by atoms with E-state index in [2.05, 4.69) is 40.4 Å². The van der Waals surface area contributed by atoms with Crippen molar-refractivity contribution in [1.82, 2.24) is 0 Å². The molecule has 0 aromatic heterocycles. The molecule has 0 aromatic rings. The summed E-state index contributed by atoms with van der Waals surface area (Å²) in [5.41, 5.74) is 4.21. The molecular weight excluding hydrogens is 237 g/mol. The maximum atomic E-state index is 8.51. The van der Waals surface area contributed by atoms with Gasteiger partial charge in [0.15, 0.2) is 0 Å². The van der Waals surface area contributed by atoms with E-state index in [1.807, 2.05) is 0 Å². The van der Waals surface area contributed by atoms with Crippen LogP contribution in [0.15, 0.2) is 0 Å². The van der Waals surface area contributed by atoms with E-state index in [0.29, 0.717) is 23.7 Å². The Bertz CT molecular complexity index is 415. The Hall–Kier alpha value is -0.0551. The molecule has 1 aliphatic heterocycles. The summed E-state index contributed by atoms with van der Waals surface area (Å²) in [6.45, 7) is 11.2. The van der Waals surface area contributed by atoms with Crippen LogP contribution in [0.2, 0.25) is 0 Å². The lowest BCUT2D eigenvalue weighted by molar-refractivity contribution is -0.400. The molecule has 3 nitrogen and oxygen atoms in total. The van der Waals surface area contributed by atoms with Gasteiger partial charge < -0.3 is 15.0 Å². The van der Waals surface area contributed by atoms with Gasteiger partial charge in [-0.3, -0.25) is 0 Å². The molecule has 108 valence electrons. The van der Waals surface area contributed by atoms with Gasteiger partial charge in [-0.05, 0) is 49.4 Å². The second-order valence-electron chi connectivity index (χ2n) is 8.06. The summed E-state index contributed by atoms with van der Waals surface area (Å²) in [5, 5.41) is 0. The molecule has 0 amide bonds. The molecule has 5 atom stereocenters. The van der Waals surface area contributed by atoms with Crippen molar-refractivity contribution in [1.29, 1.82) is 0 Å². The van der Waals surface area contributed by atoms with Crippen LogP contribution in [0.5, 0.6) is 0 Å². The van der Waals surface area contributed by atoms with Crippen LogP contribution < -0.4 is 5.73 Å². The highest BCUT2D eigenvalue weighted by Gasteiger charge is 2.68. The first-order chi connectivity index (χ1) is 9.07. The molecule has 1 saturated heterocycles. The Labute approximate surface area is 119 Å². The summed E-state index contributed by atoms with van der Waals surface area (Å²) < 4.78 is 21.0. The third kappa shape index (κ3) is 1.90. The van der Waals surface area contributed by atoms with Crippen LogP contribution in [0.25, 0.3) is 0 Å². The van der Waals surface area contributed by atoms with Crippen LogP contribution in [-0.2, 0) is 9.31 Å². The smallest absolute Gasteiger partial charge is 0.401 e. The van der Waals surface area contributed by atoms with Crippen LogP contribution in [-0.4, -0.2) is 24.7 Å². The highest BCUT2D eigenvalue weighted by molar-refractivity contribution is 6.46. The van der Waals surface area contributed by atoms with Gasteiger partial charge in [-0.1, -0.05) is 27.7 Å². The topological polar surface area (TPSA) is 46.1 Å². The van der Waals surface area contributed by atoms with Crippen molar-refractivity contribution in [3.05, 3.63) is 0 Å². The average Bonchev–Trinajstić information content (AvgIpc) is 2.64. The van der Waals surface area contributed by atoms with Gasteiger partial charge in [0.05, 0.1) is 13.1 Å². The molecule has 0 radical (unpaired) electrons. The van der Waals surface area contributed by atoms with Crippen molar-refractivity contribution in [2.75, 3.05) is 0 Å². The normalized spacial score (nSPS) is 47.4. The molecule has 4 fully saturated rings. The predicted octanol–water partition coefficient (Wildman–Crippen LogP) is 1.91. The van der Waals surface area contributed by atoms with Crippen LogP contribution in [0.3, 0.4) is 0 Å². The van der Waals surface area contributed by atoms with Crippen LogP contribution in [0.1, 0.15) is 55.3 Å². The Morgan fingerprint density at radius 3 is 2.63 bits per heavy atom. The standard InChI is InChI=1S/C15H28BNO2/c1-9(2)6-13(17)16-18-12-8-10-7-11(14(10,3)4)15(12,5)19-16/h9-13H,6-8,17H2,1-5H3/p+1/t10-,11-,12+,13?,15-/m0/s1/i13D. The van der Waals surface area contributed by atoms with Gasteiger partial charge in [-0.2, -0.15) is 0 Å². The lowest BCUT2D eigenvalue weighted by Gasteiger charge is -2.64. The van der Waals surface area contributed by atoms with Gasteiger partial charge in [-0.15, -0.1) is 0 Å². The zero-order valence-electron chi connectivity index (χ0n) is 14.0. The fourth-order valence-corrected chi connectivity index (χ4v) is 4.66. The lowest BCUT2D eigenvalue weighted by Crippen LogP contribution is -2.69. The van der Waals surface area contributed by atoms with E-state index in [-0.39, 0.29) is 11.7 Å². The fraction of sp³-hybridized carbons (Fsp3) is 1.00. The molecule has 0 spiro atoms. The number of rotatable bonds is 3. The van der Waals surface area contributed by atoms with Crippen molar-refractivity contribution in [2.45, 2.75) is 71.5 Å². The molecule has 3 aliphatic carbocycles. The highest BCUT2D eigenvalue weighted by Crippen LogP contribution is 2.65. The van der Waals surface area contributed by atoms with E-state index in [0.717, 1.165) is 12.3 Å². The van der Waals surface area contributed by atoms with Crippen molar-refractivity contribution >= 4 is 7.12 Å². The summed E-state index contributed by atoms with van der Waals surface area (Å²) in [6, 6.07) is 0. The van der Waals surface area contributed by atoms with Gasteiger partial charge in [0.25, 0.3) is 0 Å². The summed E-state index contributed by atoms with van der Waals surface area (Å²) in [4.78, 5) is 0. The molecule has 2 bridgehead atoms. The fourth-order valence-electron chi connectivity index (χ4n) is 4.66. The molecule has 1 heterocycles. The average molecular weight is 267 g/mol. The lowest BCUT2D eigenvalue weighted by atomic mass is 9.43. The monoisotopic (exact) mass is 267 g/mol. The minimum Gasteiger partial charge on any atom is -0.401 e. The van der Waals surface area contributed by atoms with Crippen molar-refractivity contribution in [2.24, 2.45) is 23.2 Å². The minimum absolute atomic E-state index is 0.155. The van der Waals surface area contributed by atoms with Gasteiger partial charge >= 0.3 is 7.12 Å². The second kappa shape index (κ2) is 4.22. The van der Waals surface area contributed by atoms with E-state index in [4.69, 9.17) is 10.7 Å². The first-order valence-electron chi connectivity index (χ1n) is 8.26. The summed E-state index contributed by atoms with van der Waals surface area (Å²) in [6.07, 6.45) is 3.19. The summed E-state index contributed by atoms with van der Waals surface area (Å²) >= 11 is 0. The number of quaternary nitrogens is 1. The molecule has 19 heavy (non-hydrogen) atoms. The maximum Gasteiger partial charge on any atom is 0.521 e. The van der Waals surface area contributed by atoms with E-state index >= 15 is 0 Å². The Balaban J connectivity index is 1.79. The minimum atomic E-state index is -0.900. The molecule has 4 aliphatic rings. The van der Waals surface area contributed by atoms with Crippen molar-refractivity contribution < 1.29 is 16.4 Å². The van der Waals surface area contributed by atoms with Crippen LogP contribution in [0.4, 0.5) is 0 Å². The number of hydrogen-bond donors (Lipinski definition) is 1. The molecule has 1 unspecified atom stereocenters. The molecule has 4 heteroatoms. The zero-order valence-corrected chi connectivity index (χ0v) is 13.0. The van der Waals surface area contributed by atoms with E-state index in [9.17, 15) is 0 Å². The van der Waals surface area contributed by atoms with Crippen LogP contribution in [0, 0.1) is 23.2 Å². The molecule has 3 saturated carbocycles.